The van der Waals surface area contributed by atoms with Gasteiger partial charge in [-0.25, -0.2) is 0 Å². The molecule has 2 aliphatic heterocycles. The van der Waals surface area contributed by atoms with Crippen molar-refractivity contribution in [2.45, 2.75) is 6.92 Å². The van der Waals surface area contributed by atoms with Crippen molar-refractivity contribution in [3.8, 4) is 67.5 Å². The van der Waals surface area contributed by atoms with Gasteiger partial charge in [-0.2, -0.15) is 0 Å². The number of benzene rings is 7. The average molecular weight is 625 g/mol. The molecule has 7 aromatic rings. The summed E-state index contributed by atoms with van der Waals surface area (Å²) in [5.74, 6) is 2.37. The molecule has 1 atom stereocenters. The van der Waals surface area contributed by atoms with E-state index in [9.17, 15) is 0 Å². The number of aryl methyl sites for hydroxylation is 1. The monoisotopic (exact) mass is 624 g/mol. The number of ether oxygens (including phenoxy) is 2. The predicted molar refractivity (Wildman–Crippen MR) is 192 cm³/mol. The topological polar surface area (TPSA) is 35.5 Å². The van der Waals surface area contributed by atoms with E-state index in [1.54, 1.807) is 0 Å². The van der Waals surface area contributed by atoms with E-state index >= 15 is 4.57 Å². The Hall–Kier alpha value is -5.63. The van der Waals surface area contributed by atoms with Gasteiger partial charge in [0, 0.05) is 11.1 Å². The second-order valence-corrected chi connectivity index (χ2v) is 14.7. The molecule has 0 aromatic heterocycles. The predicted octanol–water partition coefficient (Wildman–Crippen LogP) is 10.5. The first-order valence-corrected chi connectivity index (χ1v) is 17.5. The highest BCUT2D eigenvalue weighted by molar-refractivity contribution is 7.86. The zero-order valence-corrected chi connectivity index (χ0v) is 26.6. The van der Waals surface area contributed by atoms with Crippen LogP contribution in [0.15, 0.2) is 158 Å². The lowest BCUT2D eigenvalue weighted by Gasteiger charge is -2.37. The summed E-state index contributed by atoms with van der Waals surface area (Å²) in [4.78, 5) is 0. The fourth-order valence-electron chi connectivity index (χ4n) is 6.96. The minimum absolute atomic E-state index is 0.584. The van der Waals surface area contributed by atoms with Crippen LogP contribution in [0.3, 0.4) is 0 Å². The van der Waals surface area contributed by atoms with Gasteiger partial charge in [0.1, 0.15) is 28.3 Å². The fourth-order valence-corrected chi connectivity index (χ4v) is 10.1. The molecule has 0 radical (unpaired) electrons. The van der Waals surface area contributed by atoms with Gasteiger partial charge < -0.3 is 14.0 Å². The Labute approximate surface area is 274 Å². The molecule has 0 saturated carbocycles. The van der Waals surface area contributed by atoms with E-state index in [1.807, 2.05) is 78.9 Å². The van der Waals surface area contributed by atoms with Crippen molar-refractivity contribution in [2.75, 3.05) is 0 Å². The molecule has 9 rings (SSSR count). The molecule has 3 nitrogen and oxygen atoms in total. The maximum absolute atomic E-state index is 16.6. The molecule has 0 fully saturated rings. The van der Waals surface area contributed by atoms with Crippen molar-refractivity contribution in [2.24, 2.45) is 0 Å². The molecule has 0 N–H and O–H groups in total. The summed E-state index contributed by atoms with van der Waals surface area (Å²) in [6.45, 7) is 2.11. The van der Waals surface area contributed by atoms with Crippen LogP contribution in [0.1, 0.15) is 5.56 Å². The van der Waals surface area contributed by atoms with E-state index in [-0.39, 0.29) is 0 Å². The minimum atomic E-state index is -3.57. The van der Waals surface area contributed by atoms with Gasteiger partial charge in [0.15, 0.2) is 7.14 Å². The van der Waals surface area contributed by atoms with Crippen LogP contribution < -0.4 is 25.4 Å². The quantitative estimate of drug-likeness (QED) is 0.183. The Morgan fingerprint density at radius 1 is 0.426 bits per heavy atom. The largest absolute Gasteiger partial charge is 0.455 e. The van der Waals surface area contributed by atoms with Crippen molar-refractivity contribution in [3.63, 3.8) is 0 Å². The second-order valence-electron chi connectivity index (χ2n) is 12.1. The van der Waals surface area contributed by atoms with Crippen molar-refractivity contribution in [1.82, 2.24) is 0 Å². The van der Waals surface area contributed by atoms with Gasteiger partial charge in [-0.15, -0.1) is 0 Å². The van der Waals surface area contributed by atoms with Crippen molar-refractivity contribution >= 4 is 23.1 Å². The van der Waals surface area contributed by atoms with Gasteiger partial charge in [-0.1, -0.05) is 127 Å². The Morgan fingerprint density at radius 3 is 1.45 bits per heavy atom. The van der Waals surface area contributed by atoms with Gasteiger partial charge >= 0.3 is 0 Å². The normalized spacial score (nSPS) is 15.4. The molecule has 47 heavy (non-hydrogen) atoms. The van der Waals surface area contributed by atoms with Crippen LogP contribution in [0, 0.1) is 6.92 Å². The first kappa shape index (κ1) is 27.7. The third-order valence-electron chi connectivity index (χ3n) is 9.28. The Balaban J connectivity index is 1.40. The Kier molecular flexibility index (Phi) is 6.31. The van der Waals surface area contributed by atoms with Crippen LogP contribution in [0.5, 0.6) is 23.0 Å². The molecule has 0 bridgehead atoms. The van der Waals surface area contributed by atoms with E-state index in [1.165, 1.54) is 0 Å². The number of rotatable bonds is 4. The Morgan fingerprint density at radius 2 is 0.894 bits per heavy atom. The number of hydrogen-bond donors (Lipinski definition) is 0. The van der Waals surface area contributed by atoms with Crippen LogP contribution in [0.4, 0.5) is 0 Å². The third kappa shape index (κ3) is 4.31. The molecule has 0 saturated heterocycles. The lowest BCUT2D eigenvalue weighted by atomic mass is 9.96. The van der Waals surface area contributed by atoms with E-state index in [0.717, 1.165) is 50.1 Å². The molecule has 7 aromatic carbocycles. The summed E-state index contributed by atoms with van der Waals surface area (Å²) in [6.07, 6.45) is 0. The highest BCUT2D eigenvalue weighted by atomic mass is 31.2. The summed E-state index contributed by atoms with van der Waals surface area (Å²) >= 11 is 0. The molecule has 2 aliphatic rings. The zero-order valence-electron chi connectivity index (χ0n) is 25.7. The van der Waals surface area contributed by atoms with Gasteiger partial charge in [0.25, 0.3) is 0 Å². The fraction of sp³-hybridized carbons (Fsp3) is 0.0233. The molecule has 224 valence electrons. The molecule has 4 heteroatoms. The summed E-state index contributed by atoms with van der Waals surface area (Å²) in [5, 5.41) is 1.99. The number of fused-ring (bicyclic) bond motifs is 4. The Bertz CT molecular complexity index is 2320. The summed E-state index contributed by atoms with van der Waals surface area (Å²) in [6, 6.07) is 53.2. The molecular formula is C43H29O3P. The second kappa shape index (κ2) is 10.7. The first-order valence-electron chi connectivity index (χ1n) is 15.8. The lowest BCUT2D eigenvalue weighted by Crippen LogP contribution is -2.36. The van der Waals surface area contributed by atoms with Crippen LogP contribution in [-0.2, 0) is 4.57 Å². The summed E-state index contributed by atoms with van der Waals surface area (Å²) in [7, 11) is -3.57. The molecule has 1 unspecified atom stereocenters. The van der Waals surface area contributed by atoms with E-state index < -0.39 is 7.14 Å². The SMILES string of the molecule is Cc1ccccc1-c1ccc2c(c1)P1(=O)c3cc(-c4ccccc4)ccc3Oc3c(-c4ccccc4)cc(-c4ccccc4)c(c31)O2. The summed E-state index contributed by atoms with van der Waals surface area (Å²) in [5.41, 5.74) is 9.02. The summed E-state index contributed by atoms with van der Waals surface area (Å²) < 4.78 is 30.3. The average Bonchev–Trinajstić information content (AvgIpc) is 3.13. The highest BCUT2D eigenvalue weighted by Crippen LogP contribution is 2.62. The maximum atomic E-state index is 16.6. The zero-order chi connectivity index (χ0) is 31.5. The van der Waals surface area contributed by atoms with Crippen molar-refractivity contribution in [3.05, 3.63) is 163 Å². The minimum Gasteiger partial charge on any atom is -0.455 e. The molecule has 2 heterocycles. The third-order valence-corrected chi connectivity index (χ3v) is 12.4. The standard InChI is InChI=1S/C43H29O3P/c1-28-13-11-12-20-34(28)33-22-24-38-40(26-33)47(44)39-25-32(29-14-5-2-6-15-29)21-23-37(39)45-41-35(30-16-7-3-8-17-30)27-36(42(46-38)43(41)47)31-18-9-4-10-19-31/h2-27H,1H3. The van der Waals surface area contributed by atoms with E-state index in [2.05, 4.69) is 85.8 Å². The molecule has 0 amide bonds. The molecular weight excluding hydrogens is 595 g/mol. The first-order chi connectivity index (χ1) is 23.1. The number of hydrogen-bond acceptors (Lipinski definition) is 3. The van der Waals surface area contributed by atoms with E-state index in [0.29, 0.717) is 38.9 Å². The van der Waals surface area contributed by atoms with Crippen LogP contribution in [0.2, 0.25) is 0 Å². The molecule has 0 aliphatic carbocycles. The van der Waals surface area contributed by atoms with Crippen LogP contribution in [-0.4, -0.2) is 0 Å². The van der Waals surface area contributed by atoms with Gasteiger partial charge in [0.2, 0.25) is 0 Å². The smallest absolute Gasteiger partial charge is 0.185 e. The van der Waals surface area contributed by atoms with Gasteiger partial charge in [-0.05, 0) is 76.2 Å². The molecule has 0 spiro atoms. The van der Waals surface area contributed by atoms with Gasteiger partial charge in [0.05, 0.1) is 10.6 Å². The van der Waals surface area contributed by atoms with Crippen molar-refractivity contribution in [1.29, 1.82) is 0 Å². The van der Waals surface area contributed by atoms with Gasteiger partial charge in [-0.3, -0.25) is 0 Å². The van der Waals surface area contributed by atoms with Crippen molar-refractivity contribution < 1.29 is 14.0 Å². The van der Waals surface area contributed by atoms with Crippen LogP contribution in [0.25, 0.3) is 44.5 Å². The van der Waals surface area contributed by atoms with E-state index in [4.69, 9.17) is 9.47 Å². The maximum Gasteiger partial charge on any atom is 0.185 e. The lowest BCUT2D eigenvalue weighted by molar-refractivity contribution is 0.464. The van der Waals surface area contributed by atoms with Crippen LogP contribution >= 0.6 is 7.14 Å². The highest BCUT2D eigenvalue weighted by Gasteiger charge is 2.48.